The second kappa shape index (κ2) is 6.88. The minimum atomic E-state index is -0.724. The Morgan fingerprint density at radius 3 is 2.67 bits per heavy atom. The van der Waals surface area contributed by atoms with Crippen molar-refractivity contribution in [2.75, 3.05) is 0 Å². The lowest BCUT2D eigenvalue weighted by molar-refractivity contribution is -0.384. The third kappa shape index (κ3) is 3.73. The summed E-state index contributed by atoms with van der Waals surface area (Å²) in [5.74, 6) is 0.896. The van der Waals surface area contributed by atoms with Gasteiger partial charge in [-0.05, 0) is 23.8 Å². The van der Waals surface area contributed by atoms with Crippen LogP contribution in [0.5, 0.6) is 11.5 Å². The van der Waals surface area contributed by atoms with Crippen molar-refractivity contribution in [3.05, 3.63) is 76.9 Å². The lowest BCUT2D eigenvalue weighted by Gasteiger charge is -2.12. The van der Waals surface area contributed by atoms with E-state index in [1.54, 1.807) is 36.4 Å². The van der Waals surface area contributed by atoms with Gasteiger partial charge >= 0.3 is 0 Å². The van der Waals surface area contributed by atoms with E-state index in [2.05, 4.69) is 10.1 Å². The first kappa shape index (κ1) is 15.6. The molecule has 24 heavy (non-hydrogen) atoms. The number of hydrogen-bond donors (Lipinski definition) is 1. The molecule has 0 saturated heterocycles. The fraction of sp³-hybridized carbons (Fsp3) is 0.125. The van der Waals surface area contributed by atoms with E-state index in [-0.39, 0.29) is 5.69 Å². The Hall–Kier alpha value is -3.26. The monoisotopic (exact) mass is 326 g/mol. The van der Waals surface area contributed by atoms with Gasteiger partial charge < -0.3 is 9.84 Å². The van der Waals surface area contributed by atoms with Crippen LogP contribution in [0.4, 0.5) is 5.69 Å². The van der Waals surface area contributed by atoms with Crippen molar-refractivity contribution in [3.8, 4) is 11.5 Å². The molecule has 8 heteroatoms. The first-order chi connectivity index (χ1) is 11.6. The van der Waals surface area contributed by atoms with Crippen molar-refractivity contribution in [2.24, 2.45) is 0 Å². The number of nitro benzene ring substituents is 1. The summed E-state index contributed by atoms with van der Waals surface area (Å²) in [5, 5.41) is 24.9. The molecule has 1 atom stereocenters. The maximum absolute atomic E-state index is 10.8. The zero-order chi connectivity index (χ0) is 16.9. The molecule has 0 saturated carbocycles. The van der Waals surface area contributed by atoms with Crippen LogP contribution < -0.4 is 4.74 Å². The van der Waals surface area contributed by atoms with Crippen molar-refractivity contribution in [1.82, 2.24) is 14.8 Å². The van der Waals surface area contributed by atoms with Crippen molar-refractivity contribution in [1.29, 1.82) is 0 Å². The van der Waals surface area contributed by atoms with E-state index in [1.165, 1.54) is 29.5 Å². The summed E-state index contributed by atoms with van der Waals surface area (Å²) in [7, 11) is 0. The molecular formula is C16H14N4O4. The third-order valence-electron chi connectivity index (χ3n) is 3.36. The third-order valence-corrected chi connectivity index (χ3v) is 3.36. The van der Waals surface area contributed by atoms with E-state index in [1.807, 2.05) is 0 Å². The van der Waals surface area contributed by atoms with Crippen molar-refractivity contribution in [3.63, 3.8) is 0 Å². The van der Waals surface area contributed by atoms with E-state index < -0.39 is 11.0 Å². The molecule has 0 aliphatic carbocycles. The molecule has 1 aromatic heterocycles. The standard InChI is InChI=1S/C16H14N4O4/c21-16(9-19-11-17-10-18-19)12-4-6-14(7-5-12)24-15-3-1-2-13(8-15)20(22)23/h1-8,10-11,16,21H,9H2. The zero-order valence-corrected chi connectivity index (χ0v) is 12.5. The normalized spacial score (nSPS) is 11.9. The number of nitro groups is 1. The smallest absolute Gasteiger partial charge is 0.273 e. The molecule has 122 valence electrons. The van der Waals surface area contributed by atoms with E-state index in [4.69, 9.17) is 4.74 Å². The molecule has 0 amide bonds. The summed E-state index contributed by atoms with van der Waals surface area (Å²) in [5.41, 5.74) is 0.671. The molecular weight excluding hydrogens is 312 g/mol. The molecule has 1 heterocycles. The average molecular weight is 326 g/mol. The first-order valence-corrected chi connectivity index (χ1v) is 7.14. The predicted molar refractivity (Wildman–Crippen MR) is 84.6 cm³/mol. The highest BCUT2D eigenvalue weighted by Crippen LogP contribution is 2.26. The summed E-state index contributed by atoms with van der Waals surface area (Å²) in [6.07, 6.45) is 2.21. The van der Waals surface area contributed by atoms with Gasteiger partial charge in [-0.3, -0.25) is 14.8 Å². The minimum absolute atomic E-state index is 0.0348. The van der Waals surface area contributed by atoms with Gasteiger partial charge in [0, 0.05) is 6.07 Å². The minimum Gasteiger partial charge on any atom is -0.457 e. The summed E-state index contributed by atoms with van der Waals surface area (Å²) >= 11 is 0. The number of nitrogens with zero attached hydrogens (tertiary/aromatic N) is 4. The molecule has 0 spiro atoms. The number of rotatable bonds is 6. The molecule has 0 aliphatic heterocycles. The Morgan fingerprint density at radius 1 is 1.21 bits per heavy atom. The molecule has 0 bridgehead atoms. The number of benzene rings is 2. The van der Waals surface area contributed by atoms with Gasteiger partial charge in [-0.1, -0.05) is 18.2 Å². The number of hydrogen-bond acceptors (Lipinski definition) is 6. The molecule has 0 aliphatic rings. The highest BCUT2D eigenvalue weighted by molar-refractivity contribution is 5.41. The summed E-state index contributed by atoms with van der Waals surface area (Å²) in [4.78, 5) is 14.1. The van der Waals surface area contributed by atoms with Gasteiger partial charge in [-0.2, -0.15) is 5.10 Å². The highest BCUT2D eigenvalue weighted by atomic mass is 16.6. The van der Waals surface area contributed by atoms with Gasteiger partial charge in [0.15, 0.2) is 0 Å². The zero-order valence-electron chi connectivity index (χ0n) is 12.5. The topological polar surface area (TPSA) is 103 Å². The predicted octanol–water partition coefficient (Wildman–Crippen LogP) is 2.71. The van der Waals surface area contributed by atoms with Gasteiger partial charge in [-0.15, -0.1) is 0 Å². The van der Waals surface area contributed by atoms with Crippen LogP contribution in [0.1, 0.15) is 11.7 Å². The van der Waals surface area contributed by atoms with Gasteiger partial charge in [-0.25, -0.2) is 4.98 Å². The van der Waals surface area contributed by atoms with E-state index in [0.717, 1.165) is 0 Å². The SMILES string of the molecule is O=[N+]([O-])c1cccc(Oc2ccc(C(O)Cn3cncn3)cc2)c1. The highest BCUT2D eigenvalue weighted by Gasteiger charge is 2.10. The molecule has 0 radical (unpaired) electrons. The van der Waals surface area contributed by atoms with E-state index >= 15 is 0 Å². The van der Waals surface area contributed by atoms with Gasteiger partial charge in [0.1, 0.15) is 24.2 Å². The van der Waals surface area contributed by atoms with Crippen molar-refractivity contribution < 1.29 is 14.8 Å². The molecule has 1 N–H and O–H groups in total. The fourth-order valence-corrected chi connectivity index (χ4v) is 2.16. The lowest BCUT2D eigenvalue weighted by Crippen LogP contribution is -2.08. The van der Waals surface area contributed by atoms with Crippen LogP contribution in [0.3, 0.4) is 0 Å². The molecule has 8 nitrogen and oxygen atoms in total. The van der Waals surface area contributed by atoms with Crippen LogP contribution >= 0.6 is 0 Å². The van der Waals surface area contributed by atoms with Crippen LogP contribution in [0.2, 0.25) is 0 Å². The Bertz CT molecular complexity index is 818. The first-order valence-electron chi connectivity index (χ1n) is 7.14. The number of non-ortho nitro benzene ring substituents is 1. The molecule has 2 aromatic carbocycles. The average Bonchev–Trinajstić information content (AvgIpc) is 3.08. The fourth-order valence-electron chi connectivity index (χ4n) is 2.16. The number of aliphatic hydroxyl groups excluding tert-OH is 1. The van der Waals surface area contributed by atoms with Crippen LogP contribution in [0.25, 0.3) is 0 Å². The molecule has 3 aromatic rings. The van der Waals surface area contributed by atoms with Gasteiger partial charge in [0.05, 0.1) is 23.6 Å². The van der Waals surface area contributed by atoms with Crippen LogP contribution in [-0.4, -0.2) is 24.8 Å². The second-order valence-corrected chi connectivity index (χ2v) is 5.06. The van der Waals surface area contributed by atoms with Gasteiger partial charge in [0.25, 0.3) is 5.69 Å². The van der Waals surface area contributed by atoms with Gasteiger partial charge in [0.2, 0.25) is 0 Å². The number of ether oxygens (including phenoxy) is 1. The van der Waals surface area contributed by atoms with E-state index in [0.29, 0.717) is 23.6 Å². The molecule has 3 rings (SSSR count). The van der Waals surface area contributed by atoms with Crippen molar-refractivity contribution in [2.45, 2.75) is 12.6 Å². The number of aliphatic hydroxyl groups is 1. The maximum atomic E-state index is 10.8. The Kier molecular flexibility index (Phi) is 4.48. The summed E-state index contributed by atoms with van der Waals surface area (Å²) in [6.45, 7) is 0.297. The van der Waals surface area contributed by atoms with Crippen molar-refractivity contribution >= 4 is 5.69 Å². The Labute approximate surface area is 137 Å². The molecule has 0 fully saturated rings. The van der Waals surface area contributed by atoms with Crippen LogP contribution in [0, 0.1) is 10.1 Å². The quantitative estimate of drug-likeness (QED) is 0.552. The largest absolute Gasteiger partial charge is 0.457 e. The second-order valence-electron chi connectivity index (χ2n) is 5.06. The Balaban J connectivity index is 1.68. The van der Waals surface area contributed by atoms with Crippen LogP contribution in [-0.2, 0) is 6.54 Å². The lowest BCUT2D eigenvalue weighted by atomic mass is 10.1. The number of aromatic nitrogens is 3. The Morgan fingerprint density at radius 2 is 2.00 bits per heavy atom. The molecule has 1 unspecified atom stereocenters. The van der Waals surface area contributed by atoms with Crippen LogP contribution in [0.15, 0.2) is 61.2 Å². The maximum Gasteiger partial charge on any atom is 0.273 e. The van der Waals surface area contributed by atoms with E-state index in [9.17, 15) is 15.2 Å². The summed E-state index contributed by atoms with van der Waals surface area (Å²) in [6, 6.07) is 12.8. The summed E-state index contributed by atoms with van der Waals surface area (Å²) < 4.78 is 7.14.